The SMILES string of the molecule is CN=N/C(=C/CCOC)c1nc(-c2cc(F)ccc2F)no1. The van der Waals surface area contributed by atoms with E-state index in [1.54, 1.807) is 13.2 Å². The van der Waals surface area contributed by atoms with Gasteiger partial charge in [0.2, 0.25) is 5.82 Å². The fraction of sp³-hybridized carbons (Fsp3) is 0.286. The first kappa shape index (κ1) is 15.9. The molecule has 0 aliphatic heterocycles. The summed E-state index contributed by atoms with van der Waals surface area (Å²) in [7, 11) is 3.07. The smallest absolute Gasteiger partial charge is 0.278 e. The summed E-state index contributed by atoms with van der Waals surface area (Å²) >= 11 is 0. The van der Waals surface area contributed by atoms with E-state index in [1.165, 1.54) is 7.05 Å². The highest BCUT2D eigenvalue weighted by Crippen LogP contribution is 2.23. The summed E-state index contributed by atoms with van der Waals surface area (Å²) in [4.78, 5) is 4.03. The Labute approximate surface area is 125 Å². The largest absolute Gasteiger partial charge is 0.384 e. The summed E-state index contributed by atoms with van der Waals surface area (Å²) in [5.74, 6) is -1.22. The molecule has 6 nitrogen and oxygen atoms in total. The van der Waals surface area contributed by atoms with Gasteiger partial charge in [-0.15, -0.1) is 0 Å². The van der Waals surface area contributed by atoms with E-state index in [0.29, 0.717) is 18.7 Å². The molecule has 0 unspecified atom stereocenters. The summed E-state index contributed by atoms with van der Waals surface area (Å²) in [5.41, 5.74) is 0.259. The van der Waals surface area contributed by atoms with Crippen LogP contribution in [0.25, 0.3) is 17.1 Å². The molecule has 0 fully saturated rings. The number of ether oxygens (including phenoxy) is 1. The van der Waals surface area contributed by atoms with Gasteiger partial charge < -0.3 is 9.26 Å². The van der Waals surface area contributed by atoms with Crippen molar-refractivity contribution in [1.82, 2.24) is 10.1 Å². The standard InChI is InChI=1S/C14H14F2N4O2/c1-17-19-12(4-3-7-21-2)14-18-13(20-22-14)10-8-9(15)5-6-11(10)16/h4-6,8H,3,7H2,1-2H3/b12-4+,19-17?. The van der Waals surface area contributed by atoms with Crippen LogP contribution < -0.4 is 0 Å². The second-order valence-corrected chi connectivity index (χ2v) is 4.22. The predicted molar refractivity (Wildman–Crippen MR) is 74.9 cm³/mol. The summed E-state index contributed by atoms with van der Waals surface area (Å²) in [6.07, 6.45) is 2.27. The van der Waals surface area contributed by atoms with E-state index in [4.69, 9.17) is 9.26 Å². The van der Waals surface area contributed by atoms with E-state index in [0.717, 1.165) is 18.2 Å². The molecule has 0 bridgehead atoms. The Kier molecular flexibility index (Phi) is 5.42. The zero-order valence-electron chi connectivity index (χ0n) is 12.1. The maximum atomic E-state index is 13.7. The van der Waals surface area contributed by atoms with Gasteiger partial charge in [0, 0.05) is 20.8 Å². The number of nitrogens with zero attached hydrogens (tertiary/aromatic N) is 4. The highest BCUT2D eigenvalue weighted by molar-refractivity contribution is 5.61. The Morgan fingerprint density at radius 3 is 2.95 bits per heavy atom. The Morgan fingerprint density at radius 1 is 1.41 bits per heavy atom. The van der Waals surface area contributed by atoms with Gasteiger partial charge in [-0.3, -0.25) is 0 Å². The molecule has 2 rings (SSSR count). The van der Waals surface area contributed by atoms with E-state index in [9.17, 15) is 8.78 Å². The van der Waals surface area contributed by atoms with E-state index >= 15 is 0 Å². The highest BCUT2D eigenvalue weighted by atomic mass is 19.1. The maximum Gasteiger partial charge on any atom is 0.278 e. The van der Waals surface area contributed by atoms with E-state index in [1.807, 2.05) is 0 Å². The number of benzene rings is 1. The molecule has 0 aliphatic carbocycles. The van der Waals surface area contributed by atoms with E-state index in [2.05, 4.69) is 20.4 Å². The molecule has 1 aromatic heterocycles. The topological polar surface area (TPSA) is 72.9 Å². The van der Waals surface area contributed by atoms with Crippen LogP contribution in [-0.2, 0) is 4.74 Å². The number of hydrogen-bond acceptors (Lipinski definition) is 6. The average Bonchev–Trinajstić information content (AvgIpc) is 2.98. The van der Waals surface area contributed by atoms with Crippen LogP contribution in [0.2, 0.25) is 0 Å². The van der Waals surface area contributed by atoms with Gasteiger partial charge in [0.15, 0.2) is 0 Å². The van der Waals surface area contributed by atoms with Gasteiger partial charge in [-0.05, 0) is 30.7 Å². The zero-order chi connectivity index (χ0) is 15.9. The molecule has 22 heavy (non-hydrogen) atoms. The first-order chi connectivity index (χ1) is 10.7. The predicted octanol–water partition coefficient (Wildman–Crippen LogP) is 3.47. The second kappa shape index (κ2) is 7.51. The molecule has 0 saturated carbocycles. The van der Waals surface area contributed by atoms with Gasteiger partial charge in [-0.1, -0.05) is 5.16 Å². The van der Waals surface area contributed by atoms with E-state index < -0.39 is 11.6 Å². The fourth-order valence-electron chi connectivity index (χ4n) is 1.70. The van der Waals surface area contributed by atoms with Crippen molar-refractivity contribution < 1.29 is 18.0 Å². The molecule has 0 N–H and O–H groups in total. The molecule has 116 valence electrons. The molecule has 2 aromatic rings. The molecule has 0 amide bonds. The third-order valence-corrected chi connectivity index (χ3v) is 2.68. The summed E-state index contributed by atoms with van der Waals surface area (Å²) in [5, 5.41) is 11.2. The molecule has 0 aliphatic rings. The Bertz CT molecular complexity index is 698. The first-order valence-electron chi connectivity index (χ1n) is 6.44. The molecule has 8 heteroatoms. The van der Waals surface area contributed by atoms with Gasteiger partial charge in [0.1, 0.15) is 17.3 Å². The van der Waals surface area contributed by atoms with Crippen LogP contribution in [0.5, 0.6) is 0 Å². The van der Waals surface area contributed by atoms with Crippen LogP contribution in [0.15, 0.2) is 39.0 Å². The molecule has 1 heterocycles. The number of methoxy groups -OCH3 is 1. The monoisotopic (exact) mass is 308 g/mol. The van der Waals surface area contributed by atoms with Crippen LogP contribution >= 0.6 is 0 Å². The van der Waals surface area contributed by atoms with Gasteiger partial charge in [0.25, 0.3) is 5.89 Å². The van der Waals surface area contributed by atoms with E-state index in [-0.39, 0.29) is 17.3 Å². The normalized spacial score (nSPS) is 12.3. The van der Waals surface area contributed by atoms with Crippen molar-refractivity contribution >= 4 is 5.70 Å². The average molecular weight is 308 g/mol. The van der Waals surface area contributed by atoms with Crippen molar-refractivity contribution in [2.75, 3.05) is 20.8 Å². The van der Waals surface area contributed by atoms with Gasteiger partial charge in [-0.25, -0.2) is 8.78 Å². The third kappa shape index (κ3) is 3.79. The Morgan fingerprint density at radius 2 is 2.23 bits per heavy atom. The Balaban J connectivity index is 2.32. The molecule has 1 aromatic carbocycles. The highest BCUT2D eigenvalue weighted by Gasteiger charge is 2.16. The van der Waals surface area contributed by atoms with Crippen molar-refractivity contribution in [3.05, 3.63) is 41.8 Å². The molecular weight excluding hydrogens is 294 g/mol. The zero-order valence-corrected chi connectivity index (χ0v) is 12.1. The summed E-state index contributed by atoms with van der Waals surface area (Å²) < 4.78 is 36.9. The lowest BCUT2D eigenvalue weighted by Gasteiger charge is -1.97. The van der Waals surface area contributed by atoms with Gasteiger partial charge in [0.05, 0.1) is 5.56 Å². The van der Waals surface area contributed by atoms with Crippen LogP contribution in [0.4, 0.5) is 8.78 Å². The minimum atomic E-state index is -0.643. The number of halogens is 2. The minimum absolute atomic E-state index is 0.0593. The Hall–Kier alpha value is -2.48. The quantitative estimate of drug-likeness (QED) is 0.605. The second-order valence-electron chi connectivity index (χ2n) is 4.22. The van der Waals surface area contributed by atoms with Crippen LogP contribution in [0.1, 0.15) is 12.3 Å². The molecule has 0 spiro atoms. The lowest BCUT2D eigenvalue weighted by Crippen LogP contribution is -1.90. The summed E-state index contributed by atoms with van der Waals surface area (Å²) in [6, 6.07) is 3.02. The third-order valence-electron chi connectivity index (χ3n) is 2.68. The number of aromatic nitrogens is 2. The van der Waals surface area contributed by atoms with Crippen LogP contribution in [0, 0.1) is 11.6 Å². The lowest BCUT2D eigenvalue weighted by atomic mass is 10.2. The van der Waals surface area contributed by atoms with Crippen LogP contribution in [0.3, 0.4) is 0 Å². The molecule has 0 saturated heterocycles. The molecule has 0 radical (unpaired) electrons. The van der Waals surface area contributed by atoms with Crippen molar-refractivity contribution in [3.63, 3.8) is 0 Å². The molecule has 0 atom stereocenters. The fourth-order valence-corrected chi connectivity index (χ4v) is 1.70. The van der Waals surface area contributed by atoms with Crippen molar-refractivity contribution in [3.8, 4) is 11.4 Å². The number of rotatable bonds is 6. The van der Waals surface area contributed by atoms with Gasteiger partial charge >= 0.3 is 0 Å². The maximum absolute atomic E-state index is 13.7. The first-order valence-corrected chi connectivity index (χ1v) is 6.44. The minimum Gasteiger partial charge on any atom is -0.384 e. The van der Waals surface area contributed by atoms with Crippen molar-refractivity contribution in [2.24, 2.45) is 10.2 Å². The van der Waals surface area contributed by atoms with Gasteiger partial charge in [-0.2, -0.15) is 15.2 Å². The number of hydrogen-bond donors (Lipinski definition) is 0. The molecular formula is C14H14F2N4O2. The lowest BCUT2D eigenvalue weighted by molar-refractivity contribution is 0.204. The summed E-state index contributed by atoms with van der Waals surface area (Å²) in [6.45, 7) is 0.488. The number of azo groups is 1. The van der Waals surface area contributed by atoms with Crippen LogP contribution in [-0.4, -0.2) is 30.9 Å². The van der Waals surface area contributed by atoms with Crippen molar-refractivity contribution in [2.45, 2.75) is 6.42 Å². The van der Waals surface area contributed by atoms with Crippen molar-refractivity contribution in [1.29, 1.82) is 0 Å².